The van der Waals surface area contributed by atoms with Gasteiger partial charge in [-0.1, -0.05) is 32.9 Å². The third-order valence-electron chi connectivity index (χ3n) is 4.68. The smallest absolute Gasteiger partial charge is 0.257 e. The van der Waals surface area contributed by atoms with Crippen LogP contribution in [0, 0.1) is 0 Å². The molecule has 154 valence electrons. The Morgan fingerprint density at radius 3 is 1.90 bits per heavy atom. The highest BCUT2D eigenvalue weighted by atomic mass is 32.1. The fourth-order valence-electron chi connectivity index (χ4n) is 2.85. The Morgan fingerprint density at radius 2 is 1.41 bits per heavy atom. The monoisotopic (exact) mass is 411 g/mol. The van der Waals surface area contributed by atoms with E-state index < -0.39 is 0 Å². The molecule has 0 unspecified atom stereocenters. The van der Waals surface area contributed by atoms with Crippen molar-refractivity contribution in [1.82, 2.24) is 10.2 Å². The zero-order valence-corrected chi connectivity index (χ0v) is 18.5. The van der Waals surface area contributed by atoms with E-state index in [1.807, 2.05) is 26.0 Å². The predicted molar refractivity (Wildman–Crippen MR) is 123 cm³/mol. The van der Waals surface area contributed by atoms with Crippen LogP contribution in [0.4, 0.5) is 5.69 Å². The Morgan fingerprint density at radius 1 is 0.897 bits per heavy atom. The molecule has 0 atom stereocenters. The van der Waals surface area contributed by atoms with Gasteiger partial charge in [0.25, 0.3) is 11.8 Å². The van der Waals surface area contributed by atoms with Crippen LogP contribution in [0.5, 0.6) is 0 Å². The number of rotatable bonds is 5. The van der Waals surface area contributed by atoms with Gasteiger partial charge in [0.15, 0.2) is 5.11 Å². The van der Waals surface area contributed by atoms with E-state index in [0.717, 1.165) is 5.56 Å². The minimum atomic E-state index is -0.267. The quantitative estimate of drug-likeness (QED) is 0.707. The molecule has 2 amide bonds. The van der Waals surface area contributed by atoms with E-state index >= 15 is 0 Å². The molecule has 0 spiro atoms. The number of benzene rings is 2. The lowest BCUT2D eigenvalue weighted by atomic mass is 9.87. The van der Waals surface area contributed by atoms with Crippen molar-refractivity contribution in [3.8, 4) is 0 Å². The van der Waals surface area contributed by atoms with Gasteiger partial charge in [-0.25, -0.2) is 0 Å². The molecule has 0 aliphatic heterocycles. The lowest BCUT2D eigenvalue weighted by molar-refractivity contribution is 0.0772. The molecule has 2 aromatic carbocycles. The molecular weight excluding hydrogens is 382 g/mol. The average molecular weight is 412 g/mol. The summed E-state index contributed by atoms with van der Waals surface area (Å²) in [5.41, 5.74) is 3.06. The topological polar surface area (TPSA) is 61.4 Å². The summed E-state index contributed by atoms with van der Waals surface area (Å²) in [5, 5.41) is 5.87. The molecule has 2 aromatic rings. The van der Waals surface area contributed by atoms with Crippen LogP contribution in [-0.4, -0.2) is 34.9 Å². The Bertz CT molecular complexity index is 864. The van der Waals surface area contributed by atoms with Crippen molar-refractivity contribution in [1.29, 1.82) is 0 Å². The van der Waals surface area contributed by atoms with Gasteiger partial charge in [-0.15, -0.1) is 0 Å². The lowest BCUT2D eigenvalue weighted by Gasteiger charge is -2.19. The first-order chi connectivity index (χ1) is 13.7. The SMILES string of the molecule is CCN(CC)C(=O)c1ccc(NC(=S)NC(=O)c2ccc(C(C)(C)C)cc2)cc1. The molecule has 6 heteroatoms. The number of carbonyl (C=O) groups is 2. The predicted octanol–water partition coefficient (Wildman–Crippen LogP) is 4.59. The van der Waals surface area contributed by atoms with Crippen LogP contribution >= 0.6 is 12.2 Å². The van der Waals surface area contributed by atoms with Crippen LogP contribution in [0.25, 0.3) is 0 Å². The minimum Gasteiger partial charge on any atom is -0.339 e. The summed E-state index contributed by atoms with van der Waals surface area (Å²) in [6.07, 6.45) is 0. The Balaban J connectivity index is 1.96. The van der Waals surface area contributed by atoms with Crippen molar-refractivity contribution in [3.05, 3.63) is 65.2 Å². The molecule has 0 aromatic heterocycles. The summed E-state index contributed by atoms with van der Waals surface area (Å²) in [4.78, 5) is 26.5. The Hall–Kier alpha value is -2.73. The fourth-order valence-corrected chi connectivity index (χ4v) is 3.06. The second-order valence-corrected chi connectivity index (χ2v) is 8.20. The van der Waals surface area contributed by atoms with Crippen molar-refractivity contribution < 1.29 is 9.59 Å². The van der Waals surface area contributed by atoms with Crippen LogP contribution in [0.2, 0.25) is 0 Å². The zero-order valence-electron chi connectivity index (χ0n) is 17.7. The Kier molecular flexibility index (Phi) is 7.51. The molecule has 0 bridgehead atoms. The van der Waals surface area contributed by atoms with Crippen molar-refractivity contribution >= 4 is 34.8 Å². The zero-order chi connectivity index (χ0) is 21.6. The van der Waals surface area contributed by atoms with Gasteiger partial charge in [-0.2, -0.15) is 0 Å². The van der Waals surface area contributed by atoms with Gasteiger partial charge >= 0.3 is 0 Å². The second kappa shape index (κ2) is 9.65. The molecule has 0 saturated carbocycles. The van der Waals surface area contributed by atoms with E-state index in [-0.39, 0.29) is 22.3 Å². The molecule has 0 fully saturated rings. The lowest BCUT2D eigenvalue weighted by Crippen LogP contribution is -2.34. The van der Waals surface area contributed by atoms with Gasteiger partial charge in [0, 0.05) is 29.9 Å². The first-order valence-corrected chi connectivity index (χ1v) is 10.2. The number of nitrogens with zero attached hydrogens (tertiary/aromatic N) is 1. The number of anilines is 1. The van der Waals surface area contributed by atoms with Gasteiger partial charge in [0.2, 0.25) is 0 Å². The fraction of sp³-hybridized carbons (Fsp3) is 0.348. The largest absolute Gasteiger partial charge is 0.339 e. The van der Waals surface area contributed by atoms with E-state index in [1.54, 1.807) is 41.3 Å². The number of carbonyl (C=O) groups excluding carboxylic acids is 2. The van der Waals surface area contributed by atoms with Crippen LogP contribution in [0.15, 0.2) is 48.5 Å². The number of nitrogens with one attached hydrogen (secondary N) is 2. The van der Waals surface area contributed by atoms with Crippen molar-refractivity contribution in [2.45, 2.75) is 40.0 Å². The third-order valence-corrected chi connectivity index (χ3v) is 4.88. The summed E-state index contributed by atoms with van der Waals surface area (Å²) in [6.45, 7) is 11.6. The standard InChI is InChI=1S/C23H29N3O2S/c1-6-26(7-2)21(28)17-10-14-19(15-11-17)24-22(29)25-20(27)16-8-12-18(13-9-16)23(3,4)5/h8-15H,6-7H2,1-5H3,(H2,24,25,27,29). The molecule has 0 saturated heterocycles. The van der Waals surface area contributed by atoms with E-state index in [1.165, 1.54) is 0 Å². The van der Waals surface area contributed by atoms with Gasteiger partial charge in [0.05, 0.1) is 0 Å². The first-order valence-electron chi connectivity index (χ1n) is 9.78. The van der Waals surface area contributed by atoms with Crippen molar-refractivity contribution in [2.75, 3.05) is 18.4 Å². The highest BCUT2D eigenvalue weighted by Gasteiger charge is 2.15. The molecule has 0 radical (unpaired) electrons. The second-order valence-electron chi connectivity index (χ2n) is 7.79. The molecule has 0 aliphatic rings. The van der Waals surface area contributed by atoms with Gasteiger partial charge < -0.3 is 10.2 Å². The highest BCUT2D eigenvalue weighted by Crippen LogP contribution is 2.22. The van der Waals surface area contributed by atoms with Crippen LogP contribution in [0.3, 0.4) is 0 Å². The summed E-state index contributed by atoms with van der Waals surface area (Å²) in [6, 6.07) is 14.5. The number of thiocarbonyl (C=S) groups is 1. The molecule has 2 N–H and O–H groups in total. The van der Waals surface area contributed by atoms with Crippen molar-refractivity contribution in [2.24, 2.45) is 0 Å². The average Bonchev–Trinajstić information content (AvgIpc) is 2.68. The van der Waals surface area contributed by atoms with E-state index in [9.17, 15) is 9.59 Å². The summed E-state index contributed by atoms with van der Waals surface area (Å²) in [7, 11) is 0. The molecule has 29 heavy (non-hydrogen) atoms. The van der Waals surface area contributed by atoms with Gasteiger partial charge in [-0.3, -0.25) is 14.9 Å². The molecule has 0 aliphatic carbocycles. The summed E-state index contributed by atoms with van der Waals surface area (Å²) in [5.74, 6) is -0.271. The molecule has 5 nitrogen and oxygen atoms in total. The third kappa shape index (κ3) is 6.12. The molecular formula is C23H29N3O2S. The Labute approximate surface area is 178 Å². The summed E-state index contributed by atoms with van der Waals surface area (Å²) >= 11 is 5.24. The maximum absolute atomic E-state index is 12.4. The van der Waals surface area contributed by atoms with E-state index in [4.69, 9.17) is 12.2 Å². The van der Waals surface area contributed by atoms with Crippen LogP contribution < -0.4 is 10.6 Å². The summed E-state index contributed by atoms with van der Waals surface area (Å²) < 4.78 is 0. The number of amides is 2. The van der Waals surface area contributed by atoms with Gasteiger partial charge in [0.1, 0.15) is 0 Å². The first kappa shape index (κ1) is 22.6. The van der Waals surface area contributed by atoms with E-state index in [0.29, 0.717) is 29.9 Å². The minimum absolute atomic E-state index is 0.00358. The number of hydrogen-bond acceptors (Lipinski definition) is 3. The maximum Gasteiger partial charge on any atom is 0.257 e. The van der Waals surface area contributed by atoms with Crippen LogP contribution in [0.1, 0.15) is 60.9 Å². The number of hydrogen-bond donors (Lipinski definition) is 2. The van der Waals surface area contributed by atoms with Gasteiger partial charge in [-0.05, 0) is 73.4 Å². The molecule has 2 rings (SSSR count). The van der Waals surface area contributed by atoms with Crippen molar-refractivity contribution in [3.63, 3.8) is 0 Å². The maximum atomic E-state index is 12.4. The highest BCUT2D eigenvalue weighted by molar-refractivity contribution is 7.80. The molecule has 0 heterocycles. The van der Waals surface area contributed by atoms with Crippen LogP contribution in [-0.2, 0) is 5.41 Å². The normalized spacial score (nSPS) is 10.9. The van der Waals surface area contributed by atoms with E-state index in [2.05, 4.69) is 31.4 Å².